The van der Waals surface area contributed by atoms with Gasteiger partial charge < -0.3 is 0 Å². The van der Waals surface area contributed by atoms with Gasteiger partial charge in [0.15, 0.2) is 5.60 Å². The first-order chi connectivity index (χ1) is 16.2. The zero-order valence-electron chi connectivity index (χ0n) is 20.1. The lowest BCUT2D eigenvalue weighted by atomic mass is 9.80. The number of aryl methyl sites for hydroxylation is 4. The van der Waals surface area contributed by atoms with E-state index in [1.165, 1.54) is 0 Å². The van der Waals surface area contributed by atoms with Gasteiger partial charge in [-0.1, -0.05) is 109 Å². The Morgan fingerprint density at radius 1 is 0.588 bits per heavy atom. The second kappa shape index (κ2) is 9.57. The molecule has 0 saturated carbocycles. The minimum atomic E-state index is -4.12. The Bertz CT molecular complexity index is 1240. The third-order valence-electron chi connectivity index (χ3n) is 6.23. The second-order valence-corrected chi connectivity index (χ2v) is 10.4. The fraction of sp³-hybridized carbons (Fsp3) is 0.200. The van der Waals surface area contributed by atoms with Crippen LogP contribution in [-0.2, 0) is 26.3 Å². The van der Waals surface area contributed by atoms with Crippen molar-refractivity contribution >= 4 is 10.1 Å². The predicted molar refractivity (Wildman–Crippen MR) is 138 cm³/mol. The van der Waals surface area contributed by atoms with Crippen molar-refractivity contribution in [3.63, 3.8) is 0 Å². The summed E-state index contributed by atoms with van der Waals surface area (Å²) < 4.78 is 33.8. The van der Waals surface area contributed by atoms with Crippen molar-refractivity contribution < 1.29 is 12.6 Å². The Labute approximate surface area is 203 Å². The fourth-order valence-corrected chi connectivity index (χ4v) is 5.30. The average molecular weight is 471 g/mol. The maximum Gasteiger partial charge on any atom is 0.298 e. The largest absolute Gasteiger partial charge is 0.298 e. The lowest BCUT2D eigenvalue weighted by Crippen LogP contribution is -2.35. The van der Waals surface area contributed by atoms with E-state index in [0.717, 1.165) is 45.4 Å². The highest BCUT2D eigenvalue weighted by atomic mass is 32.2. The van der Waals surface area contributed by atoms with Crippen LogP contribution in [0.5, 0.6) is 0 Å². The molecule has 4 rings (SSSR count). The molecule has 4 aromatic carbocycles. The van der Waals surface area contributed by atoms with Crippen molar-refractivity contribution in [1.82, 2.24) is 0 Å². The Balaban J connectivity index is 1.99. The molecule has 34 heavy (non-hydrogen) atoms. The molecule has 0 fully saturated rings. The van der Waals surface area contributed by atoms with Crippen LogP contribution >= 0.6 is 0 Å². The van der Waals surface area contributed by atoms with E-state index in [-0.39, 0.29) is 4.90 Å². The summed E-state index contributed by atoms with van der Waals surface area (Å²) >= 11 is 0. The molecule has 4 aromatic rings. The van der Waals surface area contributed by atoms with E-state index in [0.29, 0.717) is 0 Å². The van der Waals surface area contributed by atoms with Crippen LogP contribution in [0.25, 0.3) is 0 Å². The van der Waals surface area contributed by atoms with Crippen LogP contribution < -0.4 is 0 Å². The standard InChI is InChI=1S/C30H30O3S/c1-5-25-12-20-29(21-13-25)34(31,32)33-30(26-14-6-22(2)7-15-26,27-16-8-23(3)9-17-27)28-18-10-24(4)11-19-28/h6-21H,5H2,1-4H3. The molecule has 174 valence electrons. The maximum absolute atomic E-state index is 13.7. The summed E-state index contributed by atoms with van der Waals surface area (Å²) in [6.07, 6.45) is 0.835. The fourth-order valence-electron chi connectivity index (χ4n) is 4.11. The Kier molecular flexibility index (Phi) is 6.74. The first-order valence-electron chi connectivity index (χ1n) is 11.5. The number of rotatable bonds is 7. The SMILES string of the molecule is CCc1ccc(S(=O)(=O)OC(c2ccc(C)cc2)(c2ccc(C)cc2)c2ccc(C)cc2)cc1. The molecule has 0 atom stereocenters. The molecule has 0 amide bonds. The Morgan fingerprint density at radius 3 is 1.26 bits per heavy atom. The molecule has 0 unspecified atom stereocenters. The van der Waals surface area contributed by atoms with E-state index >= 15 is 0 Å². The maximum atomic E-state index is 13.7. The lowest BCUT2D eigenvalue weighted by Gasteiger charge is -2.35. The summed E-state index contributed by atoms with van der Waals surface area (Å²) in [6.45, 7) is 8.07. The Morgan fingerprint density at radius 2 is 0.941 bits per heavy atom. The van der Waals surface area contributed by atoms with E-state index in [1.807, 2.05) is 113 Å². The summed E-state index contributed by atoms with van der Waals surface area (Å²) in [5.74, 6) is 0. The van der Waals surface area contributed by atoms with Gasteiger partial charge in [-0.25, -0.2) is 4.18 Å². The van der Waals surface area contributed by atoms with Crippen LogP contribution in [0.2, 0.25) is 0 Å². The second-order valence-electron chi connectivity index (χ2n) is 8.81. The predicted octanol–water partition coefficient (Wildman–Crippen LogP) is 6.87. The van der Waals surface area contributed by atoms with Gasteiger partial charge in [0.25, 0.3) is 10.1 Å². The van der Waals surface area contributed by atoms with E-state index in [2.05, 4.69) is 0 Å². The van der Waals surface area contributed by atoms with E-state index < -0.39 is 15.7 Å². The summed E-state index contributed by atoms with van der Waals surface area (Å²) in [5, 5.41) is 0. The van der Waals surface area contributed by atoms with Crippen molar-refractivity contribution in [3.8, 4) is 0 Å². The quantitative estimate of drug-likeness (QED) is 0.219. The minimum absolute atomic E-state index is 0.139. The van der Waals surface area contributed by atoms with Gasteiger partial charge in [-0.2, -0.15) is 8.42 Å². The van der Waals surface area contributed by atoms with Crippen molar-refractivity contribution in [3.05, 3.63) is 136 Å². The van der Waals surface area contributed by atoms with E-state index in [1.54, 1.807) is 12.1 Å². The highest BCUT2D eigenvalue weighted by Gasteiger charge is 2.42. The molecule has 0 spiro atoms. The Hall–Kier alpha value is -3.21. The van der Waals surface area contributed by atoms with Crippen LogP contribution in [0.15, 0.2) is 102 Å². The highest BCUT2D eigenvalue weighted by Crippen LogP contribution is 2.43. The first-order valence-corrected chi connectivity index (χ1v) is 12.9. The summed E-state index contributed by atoms with van der Waals surface area (Å²) in [7, 11) is -4.12. The van der Waals surface area contributed by atoms with Gasteiger partial charge in [0, 0.05) is 0 Å². The summed E-state index contributed by atoms with van der Waals surface area (Å²) in [6, 6.07) is 30.5. The van der Waals surface area contributed by atoms with Gasteiger partial charge in [0.2, 0.25) is 0 Å². The summed E-state index contributed by atoms with van der Waals surface area (Å²) in [5.41, 5.74) is 5.23. The third-order valence-corrected chi connectivity index (χ3v) is 7.55. The van der Waals surface area contributed by atoms with Crippen LogP contribution in [0.4, 0.5) is 0 Å². The normalized spacial score (nSPS) is 12.0. The van der Waals surface area contributed by atoms with Crippen molar-refractivity contribution in [1.29, 1.82) is 0 Å². The molecule has 4 heteroatoms. The lowest BCUT2D eigenvalue weighted by molar-refractivity contribution is 0.164. The minimum Gasteiger partial charge on any atom is -0.245 e. The van der Waals surface area contributed by atoms with Gasteiger partial charge in [0.05, 0.1) is 4.90 Å². The number of hydrogen-bond acceptors (Lipinski definition) is 3. The van der Waals surface area contributed by atoms with Crippen molar-refractivity contribution in [2.24, 2.45) is 0 Å². The average Bonchev–Trinajstić information content (AvgIpc) is 2.84. The van der Waals surface area contributed by atoms with E-state index in [9.17, 15) is 8.42 Å². The smallest absolute Gasteiger partial charge is 0.245 e. The van der Waals surface area contributed by atoms with E-state index in [4.69, 9.17) is 4.18 Å². The topological polar surface area (TPSA) is 43.4 Å². The number of benzene rings is 4. The molecule has 0 heterocycles. The third kappa shape index (κ3) is 4.70. The zero-order valence-corrected chi connectivity index (χ0v) is 20.9. The molecule has 3 nitrogen and oxygen atoms in total. The molecular formula is C30H30O3S. The van der Waals surface area contributed by atoms with Crippen LogP contribution in [0.1, 0.15) is 45.9 Å². The molecule has 0 aromatic heterocycles. The molecule has 0 aliphatic rings. The van der Waals surface area contributed by atoms with Crippen LogP contribution in [0, 0.1) is 20.8 Å². The molecule has 0 aliphatic heterocycles. The van der Waals surface area contributed by atoms with Gasteiger partial charge in [-0.3, -0.25) is 0 Å². The molecule has 0 saturated heterocycles. The molecule has 0 aliphatic carbocycles. The van der Waals surface area contributed by atoms with Gasteiger partial charge >= 0.3 is 0 Å². The first kappa shape index (κ1) is 23.9. The van der Waals surface area contributed by atoms with Crippen molar-refractivity contribution in [2.75, 3.05) is 0 Å². The van der Waals surface area contributed by atoms with Gasteiger partial charge in [-0.05, 0) is 61.6 Å². The molecule has 0 N–H and O–H groups in total. The number of hydrogen-bond donors (Lipinski definition) is 0. The monoisotopic (exact) mass is 470 g/mol. The van der Waals surface area contributed by atoms with Crippen molar-refractivity contribution in [2.45, 2.75) is 44.6 Å². The summed E-state index contributed by atoms with van der Waals surface area (Å²) in [4.78, 5) is 0.139. The van der Waals surface area contributed by atoms with Gasteiger partial charge in [0.1, 0.15) is 0 Å². The molecule has 0 bridgehead atoms. The molecule has 0 radical (unpaired) electrons. The zero-order chi connectivity index (χ0) is 24.3. The molecular weight excluding hydrogens is 440 g/mol. The highest BCUT2D eigenvalue weighted by molar-refractivity contribution is 7.86. The van der Waals surface area contributed by atoms with Crippen LogP contribution in [0.3, 0.4) is 0 Å². The van der Waals surface area contributed by atoms with Crippen LogP contribution in [-0.4, -0.2) is 8.42 Å². The van der Waals surface area contributed by atoms with Gasteiger partial charge in [-0.15, -0.1) is 0 Å².